The molecule has 2 rings (SSSR count). The van der Waals surface area contributed by atoms with Crippen LogP contribution in [0.2, 0.25) is 0 Å². The van der Waals surface area contributed by atoms with E-state index in [2.05, 4.69) is 10.1 Å². The molecule has 0 radical (unpaired) electrons. The van der Waals surface area contributed by atoms with Crippen LogP contribution in [0.4, 0.5) is 13.2 Å². The third-order valence-corrected chi connectivity index (χ3v) is 2.44. The second-order valence-corrected chi connectivity index (χ2v) is 3.70. The van der Waals surface area contributed by atoms with E-state index in [-0.39, 0.29) is 5.65 Å². The number of carboxylic acids is 1. The number of aliphatic carboxylic acids is 1. The molecule has 0 fully saturated rings. The van der Waals surface area contributed by atoms with Crippen molar-refractivity contribution in [1.82, 2.24) is 19.2 Å². The predicted molar refractivity (Wildman–Crippen MR) is 54.4 cm³/mol. The van der Waals surface area contributed by atoms with Gasteiger partial charge >= 0.3 is 17.8 Å². The average molecular weight is 276 g/mol. The summed E-state index contributed by atoms with van der Waals surface area (Å²) < 4.78 is 38.9. The number of fused-ring (bicyclic) bond motifs is 1. The molecular weight excluding hydrogens is 269 g/mol. The summed E-state index contributed by atoms with van der Waals surface area (Å²) >= 11 is 0. The molecule has 7 nitrogen and oxygen atoms in total. The van der Waals surface area contributed by atoms with Crippen molar-refractivity contribution in [3.8, 4) is 0 Å². The van der Waals surface area contributed by atoms with Gasteiger partial charge in [-0.25, -0.2) is 13.9 Å². The molecule has 1 unspecified atom stereocenters. The number of alkyl halides is 3. The Morgan fingerprint density at radius 2 is 2.16 bits per heavy atom. The number of carboxylic acid groups (broad SMARTS) is 1. The maximum absolute atomic E-state index is 12.5. The fourth-order valence-corrected chi connectivity index (χ4v) is 1.49. The van der Waals surface area contributed by atoms with Crippen molar-refractivity contribution >= 4 is 11.6 Å². The van der Waals surface area contributed by atoms with E-state index >= 15 is 0 Å². The molecule has 2 heterocycles. The molecule has 0 saturated heterocycles. The first-order valence-electron chi connectivity index (χ1n) is 4.99. The molecule has 10 heteroatoms. The molecule has 0 amide bonds. The van der Waals surface area contributed by atoms with Gasteiger partial charge in [-0.05, 0) is 0 Å². The van der Waals surface area contributed by atoms with Crippen molar-refractivity contribution < 1.29 is 23.1 Å². The minimum absolute atomic E-state index is 0.0406. The number of carbonyl (C=O) groups is 1. The minimum atomic E-state index is -4.96. The molecule has 0 aliphatic heterocycles. The van der Waals surface area contributed by atoms with E-state index in [4.69, 9.17) is 5.11 Å². The largest absolute Gasteiger partial charge is 0.481 e. The molecule has 102 valence electrons. The molecule has 0 bridgehead atoms. The Bertz CT molecular complexity index is 675. The quantitative estimate of drug-likeness (QED) is 0.862. The van der Waals surface area contributed by atoms with Crippen LogP contribution in [0, 0.1) is 5.92 Å². The second-order valence-electron chi connectivity index (χ2n) is 3.70. The highest BCUT2D eigenvalue weighted by Crippen LogP contribution is 2.27. The maximum atomic E-state index is 12.5. The third-order valence-electron chi connectivity index (χ3n) is 2.44. The van der Waals surface area contributed by atoms with Crippen molar-refractivity contribution in [3.05, 3.63) is 29.1 Å². The van der Waals surface area contributed by atoms with E-state index in [1.807, 2.05) is 0 Å². The van der Waals surface area contributed by atoms with Gasteiger partial charge in [0.1, 0.15) is 0 Å². The minimum Gasteiger partial charge on any atom is -0.481 e. The Balaban J connectivity index is 2.43. The summed E-state index contributed by atoms with van der Waals surface area (Å²) in [5.41, 5.74) is -0.813. The van der Waals surface area contributed by atoms with E-state index in [0.717, 1.165) is 4.40 Å². The van der Waals surface area contributed by atoms with Crippen LogP contribution in [-0.2, 0) is 11.3 Å². The Kier molecular flexibility index (Phi) is 3.00. The van der Waals surface area contributed by atoms with Gasteiger partial charge in [0.15, 0.2) is 11.6 Å². The normalized spacial score (nSPS) is 13.6. The van der Waals surface area contributed by atoms with Crippen LogP contribution < -0.4 is 5.69 Å². The highest BCUT2D eigenvalue weighted by atomic mass is 19.4. The summed E-state index contributed by atoms with van der Waals surface area (Å²) in [6, 6.07) is 0. The van der Waals surface area contributed by atoms with Crippen molar-refractivity contribution in [2.24, 2.45) is 5.92 Å². The first kappa shape index (κ1) is 13.1. The maximum Gasteiger partial charge on any atom is 0.404 e. The molecule has 2 aromatic heterocycles. The first-order chi connectivity index (χ1) is 8.80. The van der Waals surface area contributed by atoms with Crippen LogP contribution in [0.1, 0.15) is 0 Å². The van der Waals surface area contributed by atoms with Crippen LogP contribution in [0.3, 0.4) is 0 Å². The van der Waals surface area contributed by atoms with Crippen LogP contribution in [0.25, 0.3) is 5.65 Å². The van der Waals surface area contributed by atoms with Gasteiger partial charge in [0.25, 0.3) is 0 Å². The Hall–Kier alpha value is -2.39. The highest BCUT2D eigenvalue weighted by Gasteiger charge is 2.45. The molecule has 0 aliphatic carbocycles. The van der Waals surface area contributed by atoms with Gasteiger partial charge in [-0.2, -0.15) is 13.2 Å². The third kappa shape index (κ3) is 2.41. The smallest absolute Gasteiger partial charge is 0.404 e. The lowest BCUT2D eigenvalue weighted by Gasteiger charge is -2.14. The van der Waals surface area contributed by atoms with Gasteiger partial charge in [-0.3, -0.25) is 9.78 Å². The van der Waals surface area contributed by atoms with Crippen LogP contribution in [0.15, 0.2) is 23.4 Å². The number of rotatable bonds is 3. The van der Waals surface area contributed by atoms with Gasteiger partial charge < -0.3 is 5.11 Å². The Morgan fingerprint density at radius 3 is 2.68 bits per heavy atom. The van der Waals surface area contributed by atoms with E-state index in [1.165, 1.54) is 18.6 Å². The molecule has 0 aliphatic rings. The number of nitrogens with zero attached hydrogens (tertiary/aromatic N) is 4. The standard InChI is InChI=1S/C9H7F3N4O3/c10-9(11,12)5(7(17)18)4-16-8(19)15-2-1-13-3-6(15)14-16/h1-3,5H,4H2,(H,17,18). The topological polar surface area (TPSA) is 89.5 Å². The lowest BCUT2D eigenvalue weighted by molar-refractivity contribution is -0.196. The van der Waals surface area contributed by atoms with E-state index < -0.39 is 30.3 Å². The number of hydrogen-bond donors (Lipinski definition) is 1. The zero-order chi connectivity index (χ0) is 14.2. The summed E-state index contributed by atoms with van der Waals surface area (Å²) in [6.07, 6.45) is -1.29. The molecule has 1 atom stereocenters. The van der Waals surface area contributed by atoms with Crippen molar-refractivity contribution in [2.75, 3.05) is 0 Å². The monoisotopic (exact) mass is 276 g/mol. The lowest BCUT2D eigenvalue weighted by atomic mass is 10.1. The van der Waals surface area contributed by atoms with Crippen molar-refractivity contribution in [2.45, 2.75) is 12.7 Å². The number of aromatic nitrogens is 4. The number of hydrogen-bond acceptors (Lipinski definition) is 4. The fraction of sp³-hybridized carbons (Fsp3) is 0.333. The molecule has 0 aromatic carbocycles. The zero-order valence-electron chi connectivity index (χ0n) is 9.20. The molecular formula is C9H7F3N4O3. The predicted octanol–water partition coefficient (Wildman–Crippen LogP) is 0.154. The molecule has 0 saturated carbocycles. The second kappa shape index (κ2) is 4.37. The number of halogens is 3. The summed E-state index contributed by atoms with van der Waals surface area (Å²) in [4.78, 5) is 25.9. The zero-order valence-corrected chi connectivity index (χ0v) is 9.20. The summed E-state index contributed by atoms with van der Waals surface area (Å²) in [6.45, 7) is -1.08. The average Bonchev–Trinajstić information content (AvgIpc) is 2.62. The SMILES string of the molecule is O=C(O)C(Cn1nc2cnccn2c1=O)C(F)(F)F. The summed E-state index contributed by atoms with van der Waals surface area (Å²) in [5, 5.41) is 12.1. The molecule has 2 aromatic rings. The summed E-state index contributed by atoms with van der Waals surface area (Å²) in [7, 11) is 0. The van der Waals surface area contributed by atoms with Crippen molar-refractivity contribution in [3.63, 3.8) is 0 Å². The van der Waals surface area contributed by atoms with Gasteiger partial charge in [-0.15, -0.1) is 5.10 Å². The van der Waals surface area contributed by atoms with E-state index in [0.29, 0.717) is 4.68 Å². The molecule has 19 heavy (non-hydrogen) atoms. The van der Waals surface area contributed by atoms with Gasteiger partial charge in [-0.1, -0.05) is 0 Å². The van der Waals surface area contributed by atoms with Crippen molar-refractivity contribution in [1.29, 1.82) is 0 Å². The Morgan fingerprint density at radius 1 is 1.47 bits per heavy atom. The highest BCUT2D eigenvalue weighted by molar-refractivity contribution is 5.70. The lowest BCUT2D eigenvalue weighted by Crippen LogP contribution is -2.37. The first-order valence-corrected chi connectivity index (χ1v) is 4.99. The van der Waals surface area contributed by atoms with Gasteiger partial charge in [0.05, 0.1) is 12.7 Å². The van der Waals surface area contributed by atoms with E-state index in [1.54, 1.807) is 0 Å². The van der Waals surface area contributed by atoms with Gasteiger partial charge in [0.2, 0.25) is 0 Å². The Labute approximate surface area is 102 Å². The molecule has 0 spiro atoms. The van der Waals surface area contributed by atoms with Crippen LogP contribution in [0.5, 0.6) is 0 Å². The fourth-order valence-electron chi connectivity index (χ4n) is 1.49. The van der Waals surface area contributed by atoms with E-state index in [9.17, 15) is 22.8 Å². The van der Waals surface area contributed by atoms with Gasteiger partial charge in [0, 0.05) is 12.4 Å². The van der Waals surface area contributed by atoms with Crippen LogP contribution >= 0.6 is 0 Å². The summed E-state index contributed by atoms with van der Waals surface area (Å²) in [5.74, 6) is -4.75. The van der Waals surface area contributed by atoms with Crippen LogP contribution in [-0.4, -0.2) is 36.4 Å². The molecule has 1 N–H and O–H groups in total.